The fraction of sp³-hybridized carbons (Fsp3) is 0.250. The molecule has 0 amide bonds. The molecule has 0 aliphatic rings. The van der Waals surface area contributed by atoms with Crippen LogP contribution in [0.1, 0.15) is 18.9 Å². The van der Waals surface area contributed by atoms with E-state index >= 15 is 0 Å². The molecule has 8 nitrogen and oxygen atoms in total. The van der Waals surface area contributed by atoms with Gasteiger partial charge in [0.05, 0.1) is 5.75 Å². The Balaban J connectivity index is 2.10. The van der Waals surface area contributed by atoms with Crippen molar-refractivity contribution in [1.82, 2.24) is 14.5 Å². The summed E-state index contributed by atoms with van der Waals surface area (Å²) in [6, 6.07) is 8.62. The van der Waals surface area contributed by atoms with Crippen molar-refractivity contribution in [3.8, 4) is 23.0 Å². The maximum Gasteiger partial charge on any atom is 0.250 e. The SMILES string of the molecule is CCCS(=O)(=O)Nc1cc(Oc2c(C)cccc2F)nc(-c2ccc(=O)n(C)c2)n1. The maximum absolute atomic E-state index is 14.2. The summed E-state index contributed by atoms with van der Waals surface area (Å²) in [7, 11) is -2.06. The van der Waals surface area contributed by atoms with Crippen LogP contribution in [0, 0.1) is 12.7 Å². The van der Waals surface area contributed by atoms with Crippen molar-refractivity contribution in [3.05, 3.63) is 64.3 Å². The smallest absolute Gasteiger partial charge is 0.250 e. The number of nitrogens with zero attached hydrogens (tertiary/aromatic N) is 3. The number of aryl methyl sites for hydroxylation is 2. The topological polar surface area (TPSA) is 103 Å². The van der Waals surface area contributed by atoms with Crippen molar-refractivity contribution >= 4 is 15.8 Å². The molecule has 2 aromatic heterocycles. The van der Waals surface area contributed by atoms with Crippen molar-refractivity contribution in [2.24, 2.45) is 7.05 Å². The lowest BCUT2D eigenvalue weighted by molar-refractivity contribution is 0.424. The van der Waals surface area contributed by atoms with Crippen molar-refractivity contribution < 1.29 is 17.5 Å². The van der Waals surface area contributed by atoms with Crippen LogP contribution in [-0.2, 0) is 17.1 Å². The Kier molecular flexibility index (Phi) is 6.16. The van der Waals surface area contributed by atoms with Gasteiger partial charge in [-0.2, -0.15) is 4.98 Å². The van der Waals surface area contributed by atoms with Gasteiger partial charge in [0.2, 0.25) is 21.5 Å². The van der Waals surface area contributed by atoms with Crippen LogP contribution in [0.3, 0.4) is 0 Å². The number of anilines is 1. The number of ether oxygens (including phenoxy) is 1. The molecule has 158 valence electrons. The average Bonchev–Trinajstić information content (AvgIpc) is 2.66. The van der Waals surface area contributed by atoms with E-state index in [2.05, 4.69) is 14.7 Å². The van der Waals surface area contributed by atoms with Crippen molar-refractivity contribution in [3.63, 3.8) is 0 Å². The normalized spacial score (nSPS) is 11.3. The molecule has 0 radical (unpaired) electrons. The average molecular weight is 432 g/mol. The zero-order valence-electron chi connectivity index (χ0n) is 16.7. The van der Waals surface area contributed by atoms with Gasteiger partial charge in [-0.3, -0.25) is 9.52 Å². The first kappa shape index (κ1) is 21.4. The minimum absolute atomic E-state index is 0.0219. The molecule has 0 spiro atoms. The lowest BCUT2D eigenvalue weighted by atomic mass is 10.2. The lowest BCUT2D eigenvalue weighted by Gasteiger charge is -2.13. The van der Waals surface area contributed by atoms with Gasteiger partial charge in [-0.1, -0.05) is 19.1 Å². The highest BCUT2D eigenvalue weighted by Crippen LogP contribution is 2.29. The van der Waals surface area contributed by atoms with E-state index in [1.807, 2.05) is 0 Å². The largest absolute Gasteiger partial charge is 0.435 e. The molecule has 0 unspecified atom stereocenters. The van der Waals surface area contributed by atoms with Gasteiger partial charge in [-0.05, 0) is 31.0 Å². The van der Waals surface area contributed by atoms with Crippen LogP contribution >= 0.6 is 0 Å². The van der Waals surface area contributed by atoms with Crippen LogP contribution < -0.4 is 15.0 Å². The molecule has 0 aliphatic heterocycles. The number of hydrogen-bond donors (Lipinski definition) is 1. The number of halogens is 1. The summed E-state index contributed by atoms with van der Waals surface area (Å²) in [5.74, 6) is -0.640. The summed E-state index contributed by atoms with van der Waals surface area (Å²) in [4.78, 5) is 20.2. The Morgan fingerprint density at radius 3 is 2.63 bits per heavy atom. The Bertz CT molecular complexity index is 1220. The fourth-order valence-electron chi connectivity index (χ4n) is 2.71. The molecule has 0 saturated carbocycles. The fourth-order valence-corrected chi connectivity index (χ4v) is 3.78. The first-order valence-corrected chi connectivity index (χ1v) is 10.8. The molecule has 1 aromatic carbocycles. The number of benzene rings is 1. The van der Waals surface area contributed by atoms with Crippen LogP contribution in [0.5, 0.6) is 11.6 Å². The van der Waals surface area contributed by atoms with Crippen molar-refractivity contribution in [2.45, 2.75) is 20.3 Å². The second-order valence-electron chi connectivity index (χ2n) is 6.69. The summed E-state index contributed by atoms with van der Waals surface area (Å²) >= 11 is 0. The van der Waals surface area contributed by atoms with E-state index in [4.69, 9.17) is 4.74 Å². The highest BCUT2D eigenvalue weighted by molar-refractivity contribution is 7.92. The van der Waals surface area contributed by atoms with E-state index in [-0.39, 0.29) is 34.6 Å². The zero-order valence-corrected chi connectivity index (χ0v) is 17.5. The van der Waals surface area contributed by atoms with Gasteiger partial charge in [-0.25, -0.2) is 17.8 Å². The second-order valence-corrected chi connectivity index (χ2v) is 8.53. The molecule has 30 heavy (non-hydrogen) atoms. The van der Waals surface area contributed by atoms with Gasteiger partial charge in [0.15, 0.2) is 17.4 Å². The summed E-state index contributed by atoms with van der Waals surface area (Å²) in [6.45, 7) is 3.42. The minimum atomic E-state index is -3.63. The van der Waals surface area contributed by atoms with E-state index in [0.717, 1.165) is 0 Å². The number of aromatic nitrogens is 3. The summed E-state index contributed by atoms with van der Waals surface area (Å²) in [5, 5.41) is 0. The number of hydrogen-bond acceptors (Lipinski definition) is 6. The summed E-state index contributed by atoms with van der Waals surface area (Å²) in [6.07, 6.45) is 1.94. The summed E-state index contributed by atoms with van der Waals surface area (Å²) < 4.78 is 48.0. The maximum atomic E-state index is 14.2. The molecule has 0 bridgehead atoms. The van der Waals surface area contributed by atoms with E-state index in [0.29, 0.717) is 17.5 Å². The second kappa shape index (κ2) is 8.62. The van der Waals surface area contributed by atoms with Crippen LogP contribution in [0.2, 0.25) is 0 Å². The first-order valence-electron chi connectivity index (χ1n) is 9.18. The lowest BCUT2D eigenvalue weighted by Crippen LogP contribution is -2.18. The molecule has 3 aromatic rings. The molecular formula is C20H21FN4O4S. The predicted octanol–water partition coefficient (Wildman–Crippen LogP) is 3.23. The molecule has 2 heterocycles. The molecule has 1 N–H and O–H groups in total. The molecule has 10 heteroatoms. The third-order valence-corrected chi connectivity index (χ3v) is 5.62. The highest BCUT2D eigenvalue weighted by atomic mass is 32.2. The van der Waals surface area contributed by atoms with E-state index < -0.39 is 15.8 Å². The van der Waals surface area contributed by atoms with Gasteiger partial charge < -0.3 is 9.30 Å². The van der Waals surface area contributed by atoms with Crippen LogP contribution in [0.15, 0.2) is 47.4 Å². The third-order valence-electron chi connectivity index (χ3n) is 4.15. The number of nitrogens with one attached hydrogen (secondary N) is 1. The molecule has 0 aliphatic carbocycles. The van der Waals surface area contributed by atoms with Gasteiger partial charge in [0.1, 0.15) is 5.82 Å². The number of para-hydroxylation sites is 1. The predicted molar refractivity (Wildman–Crippen MR) is 112 cm³/mol. The van der Waals surface area contributed by atoms with Gasteiger partial charge in [-0.15, -0.1) is 0 Å². The van der Waals surface area contributed by atoms with Crippen LogP contribution in [0.4, 0.5) is 10.2 Å². The molecule has 0 atom stereocenters. The monoisotopic (exact) mass is 432 g/mol. The Morgan fingerprint density at radius 1 is 1.20 bits per heavy atom. The van der Waals surface area contributed by atoms with Gasteiger partial charge in [0.25, 0.3) is 0 Å². The summed E-state index contributed by atoms with van der Waals surface area (Å²) in [5.41, 5.74) is 0.783. The van der Waals surface area contributed by atoms with Crippen LogP contribution in [-0.4, -0.2) is 28.7 Å². The zero-order chi connectivity index (χ0) is 21.9. The number of pyridine rings is 1. The van der Waals surface area contributed by atoms with Crippen molar-refractivity contribution in [1.29, 1.82) is 0 Å². The highest BCUT2D eigenvalue weighted by Gasteiger charge is 2.16. The van der Waals surface area contributed by atoms with Crippen molar-refractivity contribution in [2.75, 3.05) is 10.5 Å². The quantitative estimate of drug-likeness (QED) is 0.615. The van der Waals surface area contributed by atoms with E-state index in [1.165, 1.54) is 35.0 Å². The number of rotatable bonds is 7. The minimum Gasteiger partial charge on any atom is -0.435 e. The Labute approximate surface area is 173 Å². The molecular weight excluding hydrogens is 411 g/mol. The Morgan fingerprint density at radius 2 is 1.97 bits per heavy atom. The van der Waals surface area contributed by atoms with E-state index in [1.54, 1.807) is 33.0 Å². The van der Waals surface area contributed by atoms with Crippen LogP contribution in [0.25, 0.3) is 11.4 Å². The molecule has 0 fully saturated rings. The number of sulfonamides is 1. The van der Waals surface area contributed by atoms with Gasteiger partial charge >= 0.3 is 0 Å². The molecule has 0 saturated heterocycles. The van der Waals surface area contributed by atoms with Gasteiger partial charge in [0, 0.05) is 30.9 Å². The standard InChI is InChI=1S/C20H21FN4O4S/c1-4-10-30(27,28)24-16-11-17(29-19-13(2)6-5-7-15(19)21)23-20(22-16)14-8-9-18(26)25(3)12-14/h5-9,11-12H,4,10H2,1-3H3,(H,22,23,24). The Hall–Kier alpha value is -3.27. The van der Waals surface area contributed by atoms with E-state index in [9.17, 15) is 17.6 Å². The molecule has 3 rings (SSSR count). The third kappa shape index (κ3) is 5.01. The first-order chi connectivity index (χ1) is 14.2.